The van der Waals surface area contributed by atoms with Crippen molar-refractivity contribution in [1.82, 2.24) is 5.32 Å². The van der Waals surface area contributed by atoms with Crippen molar-refractivity contribution in [1.29, 1.82) is 0 Å². The zero-order valence-electron chi connectivity index (χ0n) is 14.7. The predicted octanol–water partition coefficient (Wildman–Crippen LogP) is 2.23. The molecule has 0 unspecified atom stereocenters. The number of rotatable bonds is 6. The predicted molar refractivity (Wildman–Crippen MR) is 94.7 cm³/mol. The summed E-state index contributed by atoms with van der Waals surface area (Å²) >= 11 is 0. The number of primary sulfonamides is 1. The molecule has 0 bridgehead atoms. The molecule has 132 valence electrons. The highest BCUT2D eigenvalue weighted by Gasteiger charge is 2.60. The van der Waals surface area contributed by atoms with Crippen molar-refractivity contribution in [2.24, 2.45) is 22.4 Å². The van der Waals surface area contributed by atoms with E-state index in [2.05, 4.69) is 39.1 Å². The molecule has 1 aliphatic rings. The third kappa shape index (κ3) is 4.24. The second-order valence-electron chi connectivity index (χ2n) is 7.30. The number of allylic oxidation sites excluding steroid dienone is 2. The van der Waals surface area contributed by atoms with Gasteiger partial charge in [0.2, 0.25) is 15.9 Å². The van der Waals surface area contributed by atoms with Crippen LogP contribution in [0.15, 0.2) is 40.8 Å². The van der Waals surface area contributed by atoms with Crippen LogP contribution in [0.3, 0.4) is 0 Å². The summed E-state index contributed by atoms with van der Waals surface area (Å²) in [5.41, 5.74) is 2.20. The minimum Gasteiger partial charge on any atom is -0.355 e. The van der Waals surface area contributed by atoms with Crippen molar-refractivity contribution in [3.8, 4) is 0 Å². The monoisotopic (exact) mass is 350 g/mol. The summed E-state index contributed by atoms with van der Waals surface area (Å²) in [7, 11) is -3.66. The van der Waals surface area contributed by atoms with Gasteiger partial charge in [0.1, 0.15) is 0 Å². The number of hydrogen-bond acceptors (Lipinski definition) is 3. The molecule has 0 aromatic heterocycles. The van der Waals surface area contributed by atoms with Crippen LogP contribution in [0.4, 0.5) is 0 Å². The Balaban J connectivity index is 1.87. The third-order valence-corrected chi connectivity index (χ3v) is 5.60. The van der Waals surface area contributed by atoms with Crippen LogP contribution in [0.2, 0.25) is 0 Å². The lowest BCUT2D eigenvalue weighted by atomic mass is 10.1. The number of carbonyl (C=O) groups is 1. The third-order valence-electron chi connectivity index (χ3n) is 4.67. The summed E-state index contributed by atoms with van der Waals surface area (Å²) in [5, 5.41) is 8.06. The van der Waals surface area contributed by atoms with Gasteiger partial charge in [-0.25, -0.2) is 13.6 Å². The first kappa shape index (κ1) is 18.7. The van der Waals surface area contributed by atoms with Crippen LogP contribution in [-0.4, -0.2) is 20.9 Å². The molecule has 5 nitrogen and oxygen atoms in total. The van der Waals surface area contributed by atoms with Crippen molar-refractivity contribution in [3.63, 3.8) is 0 Å². The minimum absolute atomic E-state index is 0.0124. The number of benzene rings is 1. The molecule has 1 aromatic carbocycles. The molecule has 1 aliphatic carbocycles. The summed E-state index contributed by atoms with van der Waals surface area (Å²) in [5.74, 6) is 0.414. The second-order valence-corrected chi connectivity index (χ2v) is 8.86. The Hall–Kier alpha value is -1.66. The van der Waals surface area contributed by atoms with Crippen LogP contribution >= 0.6 is 0 Å². The largest absolute Gasteiger partial charge is 0.355 e. The summed E-state index contributed by atoms with van der Waals surface area (Å²) in [4.78, 5) is 12.4. The van der Waals surface area contributed by atoms with Crippen LogP contribution in [0.5, 0.6) is 0 Å². The molecule has 0 saturated heterocycles. The van der Waals surface area contributed by atoms with E-state index in [1.54, 1.807) is 12.1 Å². The molecular weight excluding hydrogens is 324 g/mol. The summed E-state index contributed by atoms with van der Waals surface area (Å²) in [6.07, 6.45) is 2.83. The van der Waals surface area contributed by atoms with Gasteiger partial charge in [-0.1, -0.05) is 37.6 Å². The minimum atomic E-state index is -3.66. The maximum Gasteiger partial charge on any atom is 0.238 e. The number of nitrogens with two attached hydrogens (primary N) is 1. The quantitative estimate of drug-likeness (QED) is 0.771. The summed E-state index contributed by atoms with van der Waals surface area (Å²) in [6.45, 7) is 8.87. The van der Waals surface area contributed by atoms with E-state index in [9.17, 15) is 13.2 Å². The summed E-state index contributed by atoms with van der Waals surface area (Å²) in [6, 6.07) is 6.42. The average Bonchev–Trinajstić information content (AvgIpc) is 2.98. The fourth-order valence-corrected chi connectivity index (χ4v) is 3.65. The molecule has 1 aromatic rings. The molecular formula is C18H26N2O3S. The molecule has 1 fully saturated rings. The zero-order valence-corrected chi connectivity index (χ0v) is 15.5. The number of nitrogens with one attached hydrogen (secondary N) is 1. The Kier molecular flexibility index (Phi) is 5.20. The molecule has 0 radical (unpaired) electrons. The van der Waals surface area contributed by atoms with E-state index in [-0.39, 0.29) is 22.1 Å². The molecule has 24 heavy (non-hydrogen) atoms. The fourth-order valence-electron chi connectivity index (χ4n) is 3.13. The maximum absolute atomic E-state index is 12.4. The topological polar surface area (TPSA) is 89.3 Å². The lowest BCUT2D eigenvalue weighted by Gasteiger charge is -2.07. The van der Waals surface area contributed by atoms with Gasteiger partial charge < -0.3 is 5.32 Å². The molecule has 2 rings (SSSR count). The SMILES string of the molecule is CC(C)=C[C@@H]1[C@H](C(=O)NCCc2ccc(S(N)(=O)=O)cc2)C1(C)C. The highest BCUT2D eigenvalue weighted by atomic mass is 32.2. The van der Waals surface area contributed by atoms with Crippen LogP contribution < -0.4 is 10.5 Å². The molecule has 6 heteroatoms. The summed E-state index contributed by atoms with van der Waals surface area (Å²) < 4.78 is 22.4. The average molecular weight is 350 g/mol. The highest BCUT2D eigenvalue weighted by molar-refractivity contribution is 7.89. The fraction of sp³-hybridized carbons (Fsp3) is 0.500. The second kappa shape index (κ2) is 6.69. The number of amides is 1. The molecule has 0 spiro atoms. The van der Waals surface area contributed by atoms with E-state index in [1.165, 1.54) is 17.7 Å². The first-order chi connectivity index (χ1) is 11.0. The Bertz CT molecular complexity index is 745. The van der Waals surface area contributed by atoms with E-state index in [4.69, 9.17) is 5.14 Å². The van der Waals surface area contributed by atoms with Gasteiger partial charge in [0.25, 0.3) is 0 Å². The van der Waals surface area contributed by atoms with Gasteiger partial charge in [0, 0.05) is 6.54 Å². The Morgan fingerprint density at radius 3 is 2.33 bits per heavy atom. The van der Waals surface area contributed by atoms with Crippen molar-refractivity contribution in [3.05, 3.63) is 41.5 Å². The number of hydrogen-bond donors (Lipinski definition) is 2. The van der Waals surface area contributed by atoms with Crippen LogP contribution in [0, 0.1) is 17.3 Å². The van der Waals surface area contributed by atoms with Crippen LogP contribution in [0.25, 0.3) is 0 Å². The van der Waals surface area contributed by atoms with E-state index in [0.29, 0.717) is 18.9 Å². The Morgan fingerprint density at radius 2 is 1.83 bits per heavy atom. The molecule has 2 atom stereocenters. The van der Waals surface area contributed by atoms with E-state index < -0.39 is 10.0 Å². The zero-order chi connectivity index (χ0) is 18.1. The van der Waals surface area contributed by atoms with Gasteiger partial charge >= 0.3 is 0 Å². The van der Waals surface area contributed by atoms with E-state index >= 15 is 0 Å². The van der Waals surface area contributed by atoms with Gasteiger partial charge in [-0.3, -0.25) is 4.79 Å². The van der Waals surface area contributed by atoms with Crippen molar-refractivity contribution >= 4 is 15.9 Å². The van der Waals surface area contributed by atoms with Crippen molar-refractivity contribution in [2.75, 3.05) is 6.54 Å². The van der Waals surface area contributed by atoms with Gasteiger partial charge in [-0.2, -0.15) is 0 Å². The molecule has 0 heterocycles. The maximum atomic E-state index is 12.4. The lowest BCUT2D eigenvalue weighted by molar-refractivity contribution is -0.123. The lowest BCUT2D eigenvalue weighted by Crippen LogP contribution is -2.28. The number of carbonyl (C=O) groups excluding carboxylic acids is 1. The molecule has 0 aliphatic heterocycles. The molecule has 3 N–H and O–H groups in total. The van der Waals surface area contributed by atoms with Gasteiger partial charge in [-0.15, -0.1) is 0 Å². The molecule has 1 saturated carbocycles. The van der Waals surface area contributed by atoms with Gasteiger partial charge in [-0.05, 0) is 49.3 Å². The van der Waals surface area contributed by atoms with Gasteiger partial charge in [0.05, 0.1) is 10.8 Å². The van der Waals surface area contributed by atoms with E-state index in [0.717, 1.165) is 5.56 Å². The number of sulfonamides is 1. The Morgan fingerprint density at radius 1 is 1.25 bits per heavy atom. The first-order valence-electron chi connectivity index (χ1n) is 8.08. The normalized spacial score (nSPS) is 21.9. The van der Waals surface area contributed by atoms with Gasteiger partial charge in [0.15, 0.2) is 0 Å². The Labute approximate surface area is 144 Å². The highest BCUT2D eigenvalue weighted by Crippen LogP contribution is 2.59. The standard InChI is InChI=1S/C18H26N2O3S/c1-12(2)11-15-16(18(15,3)4)17(21)20-10-9-13-5-7-14(8-6-13)24(19,22)23/h5-8,11,15-16H,9-10H2,1-4H3,(H,20,21)(H2,19,22,23)/t15-,16-/m1/s1. The first-order valence-corrected chi connectivity index (χ1v) is 9.62. The van der Waals surface area contributed by atoms with Crippen LogP contribution in [0.1, 0.15) is 33.3 Å². The molecule has 1 amide bonds. The van der Waals surface area contributed by atoms with Crippen molar-refractivity contribution < 1.29 is 13.2 Å². The smallest absolute Gasteiger partial charge is 0.238 e. The van der Waals surface area contributed by atoms with E-state index in [1.807, 2.05) is 0 Å². The van der Waals surface area contributed by atoms with Crippen molar-refractivity contribution in [2.45, 2.75) is 39.0 Å². The van der Waals surface area contributed by atoms with Crippen LogP contribution in [-0.2, 0) is 21.2 Å².